The Bertz CT molecular complexity index is 450. The highest BCUT2D eigenvalue weighted by molar-refractivity contribution is 5.28. The molecule has 0 fully saturated rings. The van der Waals surface area contributed by atoms with E-state index in [4.69, 9.17) is 4.74 Å². The quantitative estimate of drug-likeness (QED) is 0.821. The SMILES string of the molecule is COc1ccc(C(C)NCCc2ncc[nH]2)cc1. The third-order valence-electron chi connectivity index (χ3n) is 2.98. The maximum Gasteiger partial charge on any atom is 0.118 e. The topological polar surface area (TPSA) is 49.9 Å². The van der Waals surface area contributed by atoms with Gasteiger partial charge in [-0.25, -0.2) is 4.98 Å². The highest BCUT2D eigenvalue weighted by Crippen LogP contribution is 2.16. The number of rotatable bonds is 6. The van der Waals surface area contributed by atoms with Gasteiger partial charge in [-0.1, -0.05) is 12.1 Å². The Balaban J connectivity index is 1.81. The van der Waals surface area contributed by atoms with Crippen molar-refractivity contribution in [3.05, 3.63) is 48.0 Å². The number of imidazole rings is 1. The fourth-order valence-corrected chi connectivity index (χ4v) is 1.85. The van der Waals surface area contributed by atoms with E-state index in [1.165, 1.54) is 5.56 Å². The molecule has 2 N–H and O–H groups in total. The first kappa shape index (κ1) is 12.6. The molecule has 18 heavy (non-hydrogen) atoms. The second-order valence-electron chi connectivity index (χ2n) is 4.23. The average Bonchev–Trinajstić information content (AvgIpc) is 2.92. The number of aromatic amines is 1. The molecule has 0 aliphatic heterocycles. The van der Waals surface area contributed by atoms with E-state index in [1.807, 2.05) is 18.3 Å². The Labute approximate surface area is 107 Å². The fourth-order valence-electron chi connectivity index (χ4n) is 1.85. The summed E-state index contributed by atoms with van der Waals surface area (Å²) in [7, 11) is 1.68. The number of nitrogens with one attached hydrogen (secondary N) is 2. The molecule has 4 heteroatoms. The monoisotopic (exact) mass is 245 g/mol. The predicted molar refractivity (Wildman–Crippen MR) is 71.7 cm³/mol. The fraction of sp³-hybridized carbons (Fsp3) is 0.357. The Morgan fingerprint density at radius 1 is 1.33 bits per heavy atom. The van der Waals surface area contributed by atoms with Crippen molar-refractivity contribution >= 4 is 0 Å². The second kappa shape index (κ2) is 6.21. The molecular weight excluding hydrogens is 226 g/mol. The van der Waals surface area contributed by atoms with Crippen molar-refractivity contribution in [3.8, 4) is 5.75 Å². The maximum atomic E-state index is 5.15. The number of ether oxygens (including phenoxy) is 1. The lowest BCUT2D eigenvalue weighted by Gasteiger charge is -2.14. The Kier molecular flexibility index (Phi) is 4.36. The number of benzene rings is 1. The highest BCUT2D eigenvalue weighted by atomic mass is 16.5. The maximum absolute atomic E-state index is 5.15. The summed E-state index contributed by atoms with van der Waals surface area (Å²) >= 11 is 0. The van der Waals surface area contributed by atoms with E-state index in [9.17, 15) is 0 Å². The largest absolute Gasteiger partial charge is 0.497 e. The van der Waals surface area contributed by atoms with Gasteiger partial charge < -0.3 is 15.0 Å². The summed E-state index contributed by atoms with van der Waals surface area (Å²) in [5.41, 5.74) is 1.26. The van der Waals surface area contributed by atoms with Gasteiger partial charge in [-0.3, -0.25) is 0 Å². The molecule has 1 aromatic carbocycles. The van der Waals surface area contributed by atoms with Crippen LogP contribution >= 0.6 is 0 Å². The van der Waals surface area contributed by atoms with Crippen molar-refractivity contribution in [2.45, 2.75) is 19.4 Å². The Morgan fingerprint density at radius 3 is 2.72 bits per heavy atom. The van der Waals surface area contributed by atoms with Crippen LogP contribution in [-0.2, 0) is 6.42 Å². The Hall–Kier alpha value is -1.81. The van der Waals surface area contributed by atoms with E-state index >= 15 is 0 Å². The molecule has 1 aromatic heterocycles. The minimum atomic E-state index is 0.325. The number of hydrogen-bond donors (Lipinski definition) is 2. The first-order chi connectivity index (χ1) is 8.79. The lowest BCUT2D eigenvalue weighted by atomic mass is 10.1. The standard InChI is InChI=1S/C14H19N3O/c1-11(12-3-5-13(18-2)6-4-12)15-8-7-14-16-9-10-17-14/h3-6,9-11,15H,7-8H2,1-2H3,(H,16,17). The molecule has 0 amide bonds. The minimum absolute atomic E-state index is 0.325. The molecule has 0 aliphatic carbocycles. The Morgan fingerprint density at radius 2 is 2.11 bits per heavy atom. The van der Waals surface area contributed by atoms with Crippen LogP contribution in [0.25, 0.3) is 0 Å². The van der Waals surface area contributed by atoms with Crippen molar-refractivity contribution in [2.75, 3.05) is 13.7 Å². The summed E-state index contributed by atoms with van der Waals surface area (Å²) in [5, 5.41) is 3.47. The normalized spacial score (nSPS) is 12.3. The van der Waals surface area contributed by atoms with Gasteiger partial charge in [0, 0.05) is 31.4 Å². The van der Waals surface area contributed by atoms with Crippen LogP contribution in [0.4, 0.5) is 0 Å². The van der Waals surface area contributed by atoms with Crippen molar-refractivity contribution in [3.63, 3.8) is 0 Å². The number of methoxy groups -OCH3 is 1. The first-order valence-electron chi connectivity index (χ1n) is 6.15. The van der Waals surface area contributed by atoms with Crippen molar-refractivity contribution < 1.29 is 4.74 Å². The third kappa shape index (κ3) is 3.34. The van der Waals surface area contributed by atoms with Gasteiger partial charge in [-0.2, -0.15) is 0 Å². The van der Waals surface area contributed by atoms with Crippen molar-refractivity contribution in [1.82, 2.24) is 15.3 Å². The molecule has 0 saturated heterocycles. The smallest absolute Gasteiger partial charge is 0.118 e. The van der Waals surface area contributed by atoms with Gasteiger partial charge in [0.25, 0.3) is 0 Å². The third-order valence-corrected chi connectivity index (χ3v) is 2.98. The molecule has 2 rings (SSSR count). The molecule has 4 nitrogen and oxygen atoms in total. The van der Waals surface area contributed by atoms with Gasteiger partial charge in [0.2, 0.25) is 0 Å². The number of nitrogens with zero attached hydrogens (tertiary/aromatic N) is 1. The van der Waals surface area contributed by atoms with Gasteiger partial charge in [-0.15, -0.1) is 0 Å². The van der Waals surface area contributed by atoms with Crippen LogP contribution in [-0.4, -0.2) is 23.6 Å². The highest BCUT2D eigenvalue weighted by Gasteiger charge is 2.04. The molecule has 1 unspecified atom stereocenters. The number of hydrogen-bond acceptors (Lipinski definition) is 3. The molecule has 0 bridgehead atoms. The first-order valence-corrected chi connectivity index (χ1v) is 6.15. The van der Waals surface area contributed by atoms with E-state index in [2.05, 4.69) is 34.3 Å². The van der Waals surface area contributed by atoms with Gasteiger partial charge in [0.1, 0.15) is 11.6 Å². The van der Waals surface area contributed by atoms with Gasteiger partial charge in [0.15, 0.2) is 0 Å². The summed E-state index contributed by atoms with van der Waals surface area (Å²) in [5.74, 6) is 1.91. The van der Waals surface area contributed by atoms with E-state index in [-0.39, 0.29) is 0 Å². The molecule has 0 spiro atoms. The van der Waals surface area contributed by atoms with E-state index in [0.29, 0.717) is 6.04 Å². The van der Waals surface area contributed by atoms with Crippen LogP contribution in [0.2, 0.25) is 0 Å². The summed E-state index contributed by atoms with van der Waals surface area (Å²) in [6.45, 7) is 3.06. The molecule has 0 saturated carbocycles. The van der Waals surface area contributed by atoms with Crippen molar-refractivity contribution in [1.29, 1.82) is 0 Å². The van der Waals surface area contributed by atoms with Crippen LogP contribution in [0, 0.1) is 0 Å². The lowest BCUT2D eigenvalue weighted by molar-refractivity contribution is 0.414. The van der Waals surface area contributed by atoms with E-state index in [0.717, 1.165) is 24.5 Å². The molecule has 1 atom stereocenters. The molecule has 96 valence electrons. The van der Waals surface area contributed by atoms with Gasteiger partial charge in [0.05, 0.1) is 7.11 Å². The zero-order valence-corrected chi connectivity index (χ0v) is 10.8. The molecular formula is C14H19N3O. The molecule has 0 aliphatic rings. The van der Waals surface area contributed by atoms with Crippen LogP contribution in [0.15, 0.2) is 36.7 Å². The van der Waals surface area contributed by atoms with Crippen molar-refractivity contribution in [2.24, 2.45) is 0 Å². The zero-order valence-electron chi connectivity index (χ0n) is 10.8. The second-order valence-corrected chi connectivity index (χ2v) is 4.23. The number of aromatic nitrogens is 2. The summed E-state index contributed by atoms with van der Waals surface area (Å²) in [6, 6.07) is 8.47. The van der Waals surface area contributed by atoms with Crippen LogP contribution in [0.5, 0.6) is 5.75 Å². The molecule has 1 heterocycles. The van der Waals surface area contributed by atoms with Gasteiger partial charge in [-0.05, 0) is 24.6 Å². The van der Waals surface area contributed by atoms with Crippen LogP contribution in [0.1, 0.15) is 24.4 Å². The molecule has 2 aromatic rings. The summed E-state index contributed by atoms with van der Waals surface area (Å²) < 4.78 is 5.15. The average molecular weight is 245 g/mol. The zero-order chi connectivity index (χ0) is 12.8. The van der Waals surface area contributed by atoms with Crippen LogP contribution in [0.3, 0.4) is 0 Å². The summed E-state index contributed by atoms with van der Waals surface area (Å²) in [4.78, 5) is 7.29. The predicted octanol–water partition coefficient (Wildman–Crippen LogP) is 2.31. The van der Waals surface area contributed by atoms with E-state index < -0.39 is 0 Å². The minimum Gasteiger partial charge on any atom is -0.497 e. The number of H-pyrrole nitrogens is 1. The van der Waals surface area contributed by atoms with E-state index in [1.54, 1.807) is 13.3 Å². The lowest BCUT2D eigenvalue weighted by Crippen LogP contribution is -2.21. The van der Waals surface area contributed by atoms with Gasteiger partial charge >= 0.3 is 0 Å². The van der Waals surface area contributed by atoms with Crippen LogP contribution < -0.4 is 10.1 Å². The summed E-state index contributed by atoms with van der Waals surface area (Å²) in [6.07, 6.45) is 4.54. The molecule has 0 radical (unpaired) electrons.